The highest BCUT2D eigenvalue weighted by molar-refractivity contribution is 5.98. The monoisotopic (exact) mass is 196 g/mol. The van der Waals surface area contributed by atoms with Crippen molar-refractivity contribution in [2.45, 2.75) is 33.2 Å². The summed E-state index contributed by atoms with van der Waals surface area (Å²) < 4.78 is 0. The summed E-state index contributed by atoms with van der Waals surface area (Å²) in [5, 5.41) is 2.39. The second kappa shape index (κ2) is 2.72. The van der Waals surface area contributed by atoms with E-state index in [-0.39, 0.29) is 23.3 Å². The molecule has 1 aliphatic heterocycles. The topological polar surface area (TPSA) is 49.4 Å². The molecule has 1 aliphatic carbocycles. The summed E-state index contributed by atoms with van der Waals surface area (Å²) in [4.78, 5) is 24.5. The molecule has 2 rings (SSSR count). The first kappa shape index (κ1) is 9.49. The molecule has 2 aliphatic rings. The molecule has 78 valence electrons. The van der Waals surface area contributed by atoms with Gasteiger partial charge in [0.05, 0.1) is 5.92 Å². The van der Waals surface area contributed by atoms with Crippen LogP contribution in [0.2, 0.25) is 0 Å². The van der Waals surface area contributed by atoms with Crippen LogP contribution in [0.4, 0.5) is 4.79 Å². The minimum atomic E-state index is -0.219. The predicted octanol–water partition coefficient (Wildman–Crippen LogP) is 0.973. The van der Waals surface area contributed by atoms with Crippen LogP contribution in [0.15, 0.2) is 0 Å². The maximum absolute atomic E-state index is 11.5. The molecule has 1 saturated carbocycles. The molecule has 0 spiro atoms. The van der Waals surface area contributed by atoms with Gasteiger partial charge in [-0.25, -0.2) is 4.79 Å². The molecule has 1 N–H and O–H groups in total. The van der Waals surface area contributed by atoms with Gasteiger partial charge in [0.1, 0.15) is 0 Å². The largest absolute Gasteiger partial charge is 0.324 e. The van der Waals surface area contributed by atoms with Crippen molar-refractivity contribution >= 4 is 11.9 Å². The van der Waals surface area contributed by atoms with Crippen LogP contribution in [0.1, 0.15) is 27.2 Å². The number of imide groups is 1. The Bertz CT molecular complexity index is 298. The zero-order valence-corrected chi connectivity index (χ0v) is 8.83. The van der Waals surface area contributed by atoms with Gasteiger partial charge in [-0.3, -0.25) is 10.1 Å². The van der Waals surface area contributed by atoms with Gasteiger partial charge in [0, 0.05) is 12.6 Å². The van der Waals surface area contributed by atoms with Crippen LogP contribution in [0.5, 0.6) is 0 Å². The lowest BCUT2D eigenvalue weighted by Gasteiger charge is -2.31. The number of urea groups is 1. The van der Waals surface area contributed by atoms with Crippen LogP contribution in [-0.4, -0.2) is 29.4 Å². The van der Waals surface area contributed by atoms with Gasteiger partial charge in [0.15, 0.2) is 0 Å². The Labute approximate surface area is 83.6 Å². The van der Waals surface area contributed by atoms with Crippen LogP contribution in [0, 0.1) is 11.3 Å². The molecule has 0 bridgehead atoms. The number of nitrogens with one attached hydrogen (secondary N) is 1. The van der Waals surface area contributed by atoms with Crippen molar-refractivity contribution in [2.24, 2.45) is 11.3 Å². The molecule has 3 amide bonds. The number of hydrogen-bond donors (Lipinski definition) is 1. The molecule has 0 aromatic heterocycles. The molecule has 14 heavy (non-hydrogen) atoms. The average Bonchev–Trinajstić information content (AvgIpc) is 2.67. The van der Waals surface area contributed by atoms with Crippen LogP contribution in [-0.2, 0) is 4.79 Å². The summed E-state index contributed by atoms with van der Waals surface area (Å²) >= 11 is 0. The van der Waals surface area contributed by atoms with Gasteiger partial charge in [-0.15, -0.1) is 0 Å². The van der Waals surface area contributed by atoms with Crippen molar-refractivity contribution in [3.05, 3.63) is 0 Å². The third-order valence-corrected chi connectivity index (χ3v) is 3.25. The number of hydrogen-bond acceptors (Lipinski definition) is 2. The van der Waals surface area contributed by atoms with Crippen molar-refractivity contribution in [3.8, 4) is 0 Å². The minimum Gasteiger partial charge on any atom is -0.320 e. The normalized spacial score (nSPS) is 35.5. The Morgan fingerprint density at radius 1 is 1.43 bits per heavy atom. The highest BCUT2D eigenvalue weighted by atomic mass is 16.2. The molecule has 2 unspecified atom stereocenters. The first-order valence-corrected chi connectivity index (χ1v) is 5.03. The van der Waals surface area contributed by atoms with Gasteiger partial charge in [-0.2, -0.15) is 0 Å². The van der Waals surface area contributed by atoms with E-state index >= 15 is 0 Å². The van der Waals surface area contributed by atoms with Gasteiger partial charge in [-0.1, -0.05) is 20.8 Å². The summed E-state index contributed by atoms with van der Waals surface area (Å²) in [5.41, 5.74) is 0.234. The van der Waals surface area contributed by atoms with E-state index in [1.165, 1.54) is 0 Å². The van der Waals surface area contributed by atoms with Gasteiger partial charge in [0.25, 0.3) is 0 Å². The lowest BCUT2D eigenvalue weighted by molar-refractivity contribution is -0.125. The number of amides is 3. The molecule has 1 saturated heterocycles. The van der Waals surface area contributed by atoms with E-state index in [0.717, 1.165) is 6.42 Å². The van der Waals surface area contributed by atoms with E-state index < -0.39 is 0 Å². The standard InChI is InChI=1S/C10H16N2O2/c1-6-5-12(7-4-10(7,2)3)9(14)11-8(6)13/h6-7H,4-5H2,1-3H3,(H,11,13,14). The maximum Gasteiger partial charge on any atom is 0.324 e. The SMILES string of the molecule is CC1CN(C2CC2(C)C)C(=O)NC1=O. The Balaban J connectivity index is 2.07. The van der Waals surface area contributed by atoms with Crippen molar-refractivity contribution < 1.29 is 9.59 Å². The number of nitrogens with zero attached hydrogens (tertiary/aromatic N) is 1. The zero-order chi connectivity index (χ0) is 10.5. The second-order valence-electron chi connectivity index (χ2n) is 5.06. The Hall–Kier alpha value is -1.06. The Morgan fingerprint density at radius 2 is 2.00 bits per heavy atom. The van der Waals surface area contributed by atoms with E-state index in [9.17, 15) is 9.59 Å². The van der Waals surface area contributed by atoms with Gasteiger partial charge < -0.3 is 4.90 Å². The van der Waals surface area contributed by atoms with E-state index in [1.54, 1.807) is 4.90 Å². The van der Waals surface area contributed by atoms with Gasteiger partial charge >= 0.3 is 6.03 Å². The Morgan fingerprint density at radius 3 is 2.50 bits per heavy atom. The summed E-state index contributed by atoms with van der Waals surface area (Å²) in [6, 6.07) is 0.0988. The molecule has 4 heteroatoms. The molecule has 0 aromatic rings. The lowest BCUT2D eigenvalue weighted by Crippen LogP contribution is -2.55. The Kier molecular flexibility index (Phi) is 1.84. The summed E-state index contributed by atoms with van der Waals surface area (Å²) in [7, 11) is 0. The van der Waals surface area contributed by atoms with E-state index in [4.69, 9.17) is 0 Å². The minimum absolute atomic E-state index is 0.0795. The highest BCUT2D eigenvalue weighted by Gasteiger charge is 2.52. The molecule has 4 nitrogen and oxygen atoms in total. The van der Waals surface area contributed by atoms with Crippen LogP contribution >= 0.6 is 0 Å². The second-order valence-corrected chi connectivity index (χ2v) is 5.06. The first-order chi connectivity index (χ1) is 6.42. The summed E-state index contributed by atoms with van der Waals surface area (Å²) in [6.45, 7) is 6.71. The molecule has 2 atom stereocenters. The van der Waals surface area contributed by atoms with E-state index in [0.29, 0.717) is 12.6 Å². The smallest absolute Gasteiger partial charge is 0.320 e. The lowest BCUT2D eigenvalue weighted by atomic mass is 10.1. The zero-order valence-electron chi connectivity index (χ0n) is 8.83. The van der Waals surface area contributed by atoms with Gasteiger partial charge in [0.2, 0.25) is 5.91 Å². The number of rotatable bonds is 1. The average molecular weight is 196 g/mol. The van der Waals surface area contributed by atoms with E-state index in [2.05, 4.69) is 19.2 Å². The number of carbonyl (C=O) groups is 2. The quantitative estimate of drug-likeness (QED) is 0.679. The number of carbonyl (C=O) groups excluding carboxylic acids is 2. The fraction of sp³-hybridized carbons (Fsp3) is 0.800. The molecule has 0 radical (unpaired) electrons. The fourth-order valence-electron chi connectivity index (χ4n) is 2.00. The van der Waals surface area contributed by atoms with Crippen molar-refractivity contribution in [3.63, 3.8) is 0 Å². The maximum atomic E-state index is 11.5. The highest BCUT2D eigenvalue weighted by Crippen LogP contribution is 2.49. The third kappa shape index (κ3) is 1.38. The van der Waals surface area contributed by atoms with Crippen LogP contribution in [0.25, 0.3) is 0 Å². The van der Waals surface area contributed by atoms with Crippen molar-refractivity contribution in [2.75, 3.05) is 6.54 Å². The molecule has 1 heterocycles. The van der Waals surface area contributed by atoms with Crippen molar-refractivity contribution in [1.82, 2.24) is 10.2 Å². The molecule has 2 fully saturated rings. The fourth-order valence-corrected chi connectivity index (χ4v) is 2.00. The predicted molar refractivity (Wildman–Crippen MR) is 51.6 cm³/mol. The van der Waals surface area contributed by atoms with Crippen LogP contribution in [0.3, 0.4) is 0 Å². The van der Waals surface area contributed by atoms with Crippen LogP contribution < -0.4 is 5.32 Å². The third-order valence-electron chi connectivity index (χ3n) is 3.25. The molecular formula is C10H16N2O2. The van der Waals surface area contributed by atoms with Crippen molar-refractivity contribution in [1.29, 1.82) is 0 Å². The molecule has 0 aromatic carbocycles. The van der Waals surface area contributed by atoms with Gasteiger partial charge in [-0.05, 0) is 11.8 Å². The first-order valence-electron chi connectivity index (χ1n) is 5.03. The molecular weight excluding hydrogens is 180 g/mol. The van der Waals surface area contributed by atoms with E-state index in [1.807, 2.05) is 6.92 Å². The summed E-state index contributed by atoms with van der Waals surface area (Å²) in [5.74, 6) is -0.228. The summed E-state index contributed by atoms with van der Waals surface area (Å²) in [6.07, 6.45) is 1.04.